The molecule has 0 aliphatic rings. The van der Waals surface area contributed by atoms with Gasteiger partial charge in [-0.05, 0) is 81.4 Å². The van der Waals surface area contributed by atoms with Crippen molar-refractivity contribution in [2.75, 3.05) is 13.6 Å². The quantitative estimate of drug-likeness (QED) is 0.416. The van der Waals surface area contributed by atoms with Gasteiger partial charge in [-0.3, -0.25) is 4.90 Å². The van der Waals surface area contributed by atoms with E-state index in [9.17, 15) is 0 Å². The van der Waals surface area contributed by atoms with Gasteiger partial charge in [0, 0.05) is 36.6 Å². The van der Waals surface area contributed by atoms with Crippen molar-refractivity contribution < 1.29 is 4.74 Å². The molecule has 0 amide bonds. The molecule has 0 saturated carbocycles. The molecule has 1 heterocycles. The Labute approximate surface area is 187 Å². The summed E-state index contributed by atoms with van der Waals surface area (Å²) >= 11 is 0. The Kier molecular flexibility index (Phi) is 7.76. The zero-order valence-electron chi connectivity index (χ0n) is 19.0. The lowest BCUT2D eigenvalue weighted by Crippen LogP contribution is -2.17. The lowest BCUT2D eigenvalue weighted by atomic mass is 9.98. The van der Waals surface area contributed by atoms with Gasteiger partial charge in [-0.25, -0.2) is 0 Å². The molecule has 3 nitrogen and oxygen atoms in total. The molecule has 3 heteroatoms. The molecule has 0 aliphatic heterocycles. The van der Waals surface area contributed by atoms with E-state index in [0.29, 0.717) is 6.61 Å². The second kappa shape index (κ2) is 10.7. The molecule has 0 N–H and O–H groups in total. The molecule has 3 rings (SSSR count). The number of hydrogen-bond acceptors (Lipinski definition) is 2. The van der Waals surface area contributed by atoms with Crippen molar-refractivity contribution in [1.82, 2.24) is 9.47 Å². The second-order valence-corrected chi connectivity index (χ2v) is 8.81. The van der Waals surface area contributed by atoms with Crippen LogP contribution in [0.4, 0.5) is 0 Å². The first-order valence-corrected chi connectivity index (χ1v) is 10.7. The van der Waals surface area contributed by atoms with Gasteiger partial charge in [0.25, 0.3) is 0 Å². The number of allylic oxidation sites excluding steroid dienone is 1. The van der Waals surface area contributed by atoms with Crippen LogP contribution in [0.3, 0.4) is 0 Å². The smallest absolute Gasteiger partial charge is 0.120 e. The van der Waals surface area contributed by atoms with Crippen LogP contribution in [-0.2, 0) is 13.2 Å². The molecule has 0 radical (unpaired) electrons. The normalized spacial score (nSPS) is 11.5. The highest BCUT2D eigenvalue weighted by molar-refractivity contribution is 5.36. The van der Waals surface area contributed by atoms with Crippen LogP contribution in [0.5, 0.6) is 5.75 Å². The van der Waals surface area contributed by atoms with Crippen LogP contribution in [0.2, 0.25) is 0 Å². The van der Waals surface area contributed by atoms with Crippen molar-refractivity contribution in [2.24, 2.45) is 5.41 Å². The van der Waals surface area contributed by atoms with Crippen LogP contribution in [0, 0.1) is 17.3 Å². The molecule has 0 spiro atoms. The van der Waals surface area contributed by atoms with Crippen molar-refractivity contribution in [3.8, 4) is 23.3 Å². The van der Waals surface area contributed by atoms with Crippen LogP contribution in [0.1, 0.15) is 31.9 Å². The lowest BCUT2D eigenvalue weighted by molar-refractivity contribution is 0.304. The molecule has 31 heavy (non-hydrogen) atoms. The van der Waals surface area contributed by atoms with Crippen LogP contribution in [-0.4, -0.2) is 23.1 Å². The summed E-state index contributed by atoms with van der Waals surface area (Å²) in [5, 5.41) is 0. The Hall–Kier alpha value is -3.22. The Morgan fingerprint density at radius 1 is 0.968 bits per heavy atom. The molecule has 160 valence electrons. The zero-order chi connectivity index (χ0) is 22.1. The zero-order valence-corrected chi connectivity index (χ0v) is 19.0. The van der Waals surface area contributed by atoms with E-state index in [-0.39, 0.29) is 5.41 Å². The van der Waals surface area contributed by atoms with Crippen LogP contribution in [0.15, 0.2) is 85.2 Å². The maximum absolute atomic E-state index is 6.07. The summed E-state index contributed by atoms with van der Waals surface area (Å²) in [5.74, 6) is 7.23. The summed E-state index contributed by atoms with van der Waals surface area (Å²) in [6, 6.07) is 20.8. The fraction of sp³-hybridized carbons (Fsp3) is 0.286. The highest BCUT2D eigenvalue weighted by Gasteiger charge is 2.04. The van der Waals surface area contributed by atoms with Gasteiger partial charge < -0.3 is 9.30 Å². The van der Waals surface area contributed by atoms with E-state index < -0.39 is 0 Å². The van der Waals surface area contributed by atoms with Crippen molar-refractivity contribution >= 4 is 0 Å². The number of benzene rings is 2. The number of likely N-dealkylation sites (N-methyl/N-ethyl adjacent to an activating group) is 1. The van der Waals surface area contributed by atoms with E-state index in [4.69, 9.17) is 4.74 Å². The predicted molar refractivity (Wildman–Crippen MR) is 129 cm³/mol. The molecule has 2 aromatic carbocycles. The molecule has 3 aromatic rings. The van der Waals surface area contributed by atoms with E-state index in [1.165, 1.54) is 5.56 Å². The Balaban J connectivity index is 1.53. The predicted octanol–water partition coefficient (Wildman–Crippen LogP) is 6.09. The van der Waals surface area contributed by atoms with E-state index in [1.807, 2.05) is 36.7 Å². The van der Waals surface area contributed by atoms with Gasteiger partial charge in [0.1, 0.15) is 12.4 Å². The number of nitrogens with zero attached hydrogens (tertiary/aromatic N) is 2. The SMILES string of the molecule is CN(CC=CC#CC(C)(C)C)Cc1cccc(OCc2cccc(-n3cccc3)c2)c1. The third-order valence-corrected chi connectivity index (χ3v) is 4.64. The third kappa shape index (κ3) is 7.85. The van der Waals surface area contributed by atoms with Gasteiger partial charge in [0.05, 0.1) is 0 Å². The summed E-state index contributed by atoms with van der Waals surface area (Å²) < 4.78 is 8.17. The van der Waals surface area contributed by atoms with Gasteiger partial charge in [0.2, 0.25) is 0 Å². The first-order chi connectivity index (χ1) is 14.9. The first kappa shape index (κ1) is 22.5. The molecular formula is C28H32N2O. The van der Waals surface area contributed by atoms with E-state index in [1.54, 1.807) is 0 Å². The Morgan fingerprint density at radius 3 is 2.48 bits per heavy atom. The number of rotatable bonds is 8. The molecule has 0 aliphatic carbocycles. The highest BCUT2D eigenvalue weighted by Crippen LogP contribution is 2.18. The summed E-state index contributed by atoms with van der Waals surface area (Å²) in [6.07, 6.45) is 8.15. The van der Waals surface area contributed by atoms with E-state index in [0.717, 1.165) is 30.1 Å². The van der Waals surface area contributed by atoms with Crippen molar-refractivity contribution in [1.29, 1.82) is 0 Å². The van der Waals surface area contributed by atoms with Gasteiger partial charge >= 0.3 is 0 Å². The molecule has 0 atom stereocenters. The number of aromatic nitrogens is 1. The van der Waals surface area contributed by atoms with Gasteiger partial charge in [-0.2, -0.15) is 0 Å². The second-order valence-electron chi connectivity index (χ2n) is 8.81. The average molecular weight is 413 g/mol. The molecule has 0 fully saturated rings. The minimum atomic E-state index is 0.0419. The molecule has 0 unspecified atom stereocenters. The minimum absolute atomic E-state index is 0.0419. The molecular weight excluding hydrogens is 380 g/mol. The van der Waals surface area contributed by atoms with Gasteiger partial charge in [-0.15, -0.1) is 0 Å². The average Bonchev–Trinajstić information content (AvgIpc) is 3.27. The highest BCUT2D eigenvalue weighted by atomic mass is 16.5. The molecule has 1 aromatic heterocycles. The Bertz CT molecular complexity index is 1050. The summed E-state index contributed by atoms with van der Waals surface area (Å²) in [5.41, 5.74) is 3.56. The summed E-state index contributed by atoms with van der Waals surface area (Å²) in [6.45, 7) is 8.62. The maximum atomic E-state index is 6.07. The first-order valence-electron chi connectivity index (χ1n) is 10.7. The fourth-order valence-corrected chi connectivity index (χ4v) is 3.14. The van der Waals surface area contributed by atoms with E-state index in [2.05, 4.69) is 97.7 Å². The number of ether oxygens (including phenoxy) is 1. The monoisotopic (exact) mass is 412 g/mol. The van der Waals surface area contributed by atoms with Gasteiger partial charge in [-0.1, -0.05) is 42.2 Å². The largest absolute Gasteiger partial charge is 0.489 e. The van der Waals surface area contributed by atoms with Crippen LogP contribution >= 0.6 is 0 Å². The number of hydrogen-bond donors (Lipinski definition) is 0. The van der Waals surface area contributed by atoms with Crippen molar-refractivity contribution in [3.05, 3.63) is 96.3 Å². The lowest BCUT2D eigenvalue weighted by Gasteiger charge is -2.15. The third-order valence-electron chi connectivity index (χ3n) is 4.64. The summed E-state index contributed by atoms with van der Waals surface area (Å²) in [7, 11) is 2.11. The maximum Gasteiger partial charge on any atom is 0.120 e. The Morgan fingerprint density at radius 2 is 1.71 bits per heavy atom. The summed E-state index contributed by atoms with van der Waals surface area (Å²) in [4.78, 5) is 2.26. The van der Waals surface area contributed by atoms with Crippen LogP contribution in [0.25, 0.3) is 5.69 Å². The van der Waals surface area contributed by atoms with Crippen molar-refractivity contribution in [3.63, 3.8) is 0 Å². The van der Waals surface area contributed by atoms with E-state index >= 15 is 0 Å². The van der Waals surface area contributed by atoms with Gasteiger partial charge in [0.15, 0.2) is 0 Å². The molecule has 0 bridgehead atoms. The topological polar surface area (TPSA) is 17.4 Å². The van der Waals surface area contributed by atoms with Crippen molar-refractivity contribution in [2.45, 2.75) is 33.9 Å². The van der Waals surface area contributed by atoms with Crippen LogP contribution < -0.4 is 4.74 Å². The standard InChI is InChI=1S/C28H32N2O/c1-28(2,3)16-6-5-7-17-29(4)22-24-12-11-15-27(21-24)31-23-25-13-10-14-26(20-25)30-18-8-9-19-30/h5,7-15,18-21H,17,22-23H2,1-4H3. The fourth-order valence-electron chi connectivity index (χ4n) is 3.14. The minimum Gasteiger partial charge on any atom is -0.489 e. The molecule has 0 saturated heterocycles.